The number of furan rings is 1. The lowest BCUT2D eigenvalue weighted by molar-refractivity contribution is -0.113. The second kappa shape index (κ2) is 6.20. The molecule has 0 fully saturated rings. The molecule has 1 aliphatic rings. The molecule has 5 heteroatoms. The van der Waals surface area contributed by atoms with Crippen LogP contribution in [0.3, 0.4) is 0 Å². The smallest absolute Gasteiger partial charge is 0.212 e. The van der Waals surface area contributed by atoms with Crippen LogP contribution in [0.15, 0.2) is 58.3 Å². The summed E-state index contributed by atoms with van der Waals surface area (Å²) in [6, 6.07) is 9.12. The Hall–Kier alpha value is -3.08. The Kier molecular flexibility index (Phi) is 4.08. The predicted octanol–water partition coefficient (Wildman–Crippen LogP) is 3.26. The largest absolute Gasteiger partial charge is 0.465 e. The highest BCUT2D eigenvalue weighted by molar-refractivity contribution is 6.20. The van der Waals surface area contributed by atoms with E-state index in [4.69, 9.17) is 4.42 Å². The van der Waals surface area contributed by atoms with Gasteiger partial charge in [0, 0.05) is 16.8 Å². The predicted molar refractivity (Wildman–Crippen MR) is 91.6 cm³/mol. The molecule has 0 unspecified atom stereocenters. The van der Waals surface area contributed by atoms with E-state index in [0.29, 0.717) is 29.1 Å². The van der Waals surface area contributed by atoms with E-state index in [-0.39, 0.29) is 5.78 Å². The molecule has 0 bridgehead atoms. The Labute approximate surface area is 140 Å². The quantitative estimate of drug-likeness (QED) is 0.631. The molecule has 0 amide bonds. The third-order valence-corrected chi connectivity index (χ3v) is 4.05. The van der Waals surface area contributed by atoms with Gasteiger partial charge in [-0.15, -0.1) is 0 Å². The highest BCUT2D eigenvalue weighted by atomic mass is 16.3. The van der Waals surface area contributed by atoms with Gasteiger partial charge in [-0.1, -0.05) is 18.7 Å². The summed E-state index contributed by atoms with van der Waals surface area (Å²) in [4.78, 5) is 23.2. The maximum Gasteiger partial charge on any atom is 0.212 e. The van der Waals surface area contributed by atoms with Gasteiger partial charge in [0.1, 0.15) is 23.5 Å². The number of nitrogens with one attached hydrogen (secondary N) is 2. The molecule has 1 aliphatic carbocycles. The van der Waals surface area contributed by atoms with Gasteiger partial charge in [0.25, 0.3) is 0 Å². The van der Waals surface area contributed by atoms with E-state index in [1.165, 1.54) is 0 Å². The molecule has 1 aromatic carbocycles. The number of hydrogen-bond acceptors (Lipinski definition) is 5. The van der Waals surface area contributed by atoms with Crippen molar-refractivity contribution in [2.75, 3.05) is 5.32 Å². The normalized spacial score (nSPS) is 13.8. The average Bonchev–Trinajstić information content (AvgIpc) is 3.00. The summed E-state index contributed by atoms with van der Waals surface area (Å²) in [5.74, 6) is 1.48. The van der Waals surface area contributed by atoms with Crippen LogP contribution < -0.4 is 10.6 Å². The zero-order valence-corrected chi connectivity index (χ0v) is 13.6. The number of allylic oxidation sites excluding steroid dienone is 2. The Morgan fingerprint density at radius 1 is 1.17 bits per heavy atom. The van der Waals surface area contributed by atoms with E-state index >= 15 is 0 Å². The lowest BCUT2D eigenvalue weighted by atomic mass is 9.92. The molecule has 2 aromatic rings. The van der Waals surface area contributed by atoms with Gasteiger partial charge in [-0.2, -0.15) is 0 Å². The molecule has 122 valence electrons. The monoisotopic (exact) mass is 322 g/mol. The molecule has 0 saturated heterocycles. The van der Waals surface area contributed by atoms with Crippen LogP contribution in [0, 0.1) is 13.8 Å². The van der Waals surface area contributed by atoms with Crippen molar-refractivity contribution in [2.45, 2.75) is 20.4 Å². The number of aldehydes is 1. The van der Waals surface area contributed by atoms with Gasteiger partial charge in [-0.3, -0.25) is 9.59 Å². The Morgan fingerprint density at radius 3 is 2.62 bits per heavy atom. The molecule has 0 radical (unpaired) electrons. The number of hydrogen-bond donors (Lipinski definition) is 2. The fourth-order valence-electron chi connectivity index (χ4n) is 2.59. The molecule has 2 N–H and O–H groups in total. The Bertz CT molecular complexity index is 874. The minimum absolute atomic E-state index is 0.135. The molecule has 3 rings (SSSR count). The van der Waals surface area contributed by atoms with E-state index in [0.717, 1.165) is 29.1 Å². The van der Waals surface area contributed by atoms with Crippen LogP contribution in [0.5, 0.6) is 0 Å². The van der Waals surface area contributed by atoms with Crippen LogP contribution in [0.4, 0.5) is 5.69 Å². The Balaban J connectivity index is 1.81. The molecule has 24 heavy (non-hydrogen) atoms. The first-order valence-corrected chi connectivity index (χ1v) is 7.60. The van der Waals surface area contributed by atoms with Crippen molar-refractivity contribution in [1.29, 1.82) is 0 Å². The first-order valence-electron chi connectivity index (χ1n) is 7.60. The standard InChI is InChI=1S/C19H18N2O3/c1-11-7-8-15(24-11)9-20-17-13(3)19(23)18(17)21-16-6-4-5-14(10-22)12(16)2/h4-8,10,20-21H,3,9H2,1-2H3. The van der Waals surface area contributed by atoms with Crippen LogP contribution in [0.1, 0.15) is 27.4 Å². The maximum absolute atomic E-state index is 12.1. The molecular formula is C19H18N2O3. The summed E-state index contributed by atoms with van der Waals surface area (Å²) < 4.78 is 5.51. The number of Topliss-reactive ketones (excluding diaryl/α,β-unsaturated/α-hetero) is 1. The number of rotatable bonds is 6. The van der Waals surface area contributed by atoms with Crippen LogP contribution in [0.2, 0.25) is 0 Å². The van der Waals surface area contributed by atoms with E-state index in [2.05, 4.69) is 17.2 Å². The second-order valence-electron chi connectivity index (χ2n) is 5.69. The lowest BCUT2D eigenvalue weighted by Crippen LogP contribution is -2.34. The zero-order valence-electron chi connectivity index (χ0n) is 13.6. The van der Waals surface area contributed by atoms with Crippen molar-refractivity contribution in [1.82, 2.24) is 5.32 Å². The van der Waals surface area contributed by atoms with Crippen molar-refractivity contribution < 1.29 is 14.0 Å². The van der Waals surface area contributed by atoms with E-state index < -0.39 is 0 Å². The summed E-state index contributed by atoms with van der Waals surface area (Å²) in [5.41, 5.74) is 3.67. The highest BCUT2D eigenvalue weighted by Crippen LogP contribution is 2.30. The summed E-state index contributed by atoms with van der Waals surface area (Å²) >= 11 is 0. The molecular weight excluding hydrogens is 304 g/mol. The van der Waals surface area contributed by atoms with Crippen molar-refractivity contribution in [3.05, 3.63) is 76.5 Å². The number of carbonyl (C=O) groups is 2. The Morgan fingerprint density at radius 2 is 1.96 bits per heavy atom. The fraction of sp³-hybridized carbons (Fsp3) is 0.158. The van der Waals surface area contributed by atoms with Gasteiger partial charge in [0.05, 0.1) is 12.2 Å². The van der Waals surface area contributed by atoms with Crippen LogP contribution in [-0.2, 0) is 11.3 Å². The lowest BCUT2D eigenvalue weighted by Gasteiger charge is -2.27. The third kappa shape index (κ3) is 2.76. The molecule has 1 aromatic heterocycles. The third-order valence-electron chi connectivity index (χ3n) is 4.05. The summed E-state index contributed by atoms with van der Waals surface area (Å²) in [5, 5.41) is 6.29. The van der Waals surface area contributed by atoms with E-state index in [9.17, 15) is 9.59 Å². The van der Waals surface area contributed by atoms with Gasteiger partial charge < -0.3 is 15.1 Å². The number of aryl methyl sites for hydroxylation is 1. The number of benzene rings is 1. The van der Waals surface area contributed by atoms with Gasteiger partial charge in [0.15, 0.2) is 0 Å². The van der Waals surface area contributed by atoms with Gasteiger partial charge in [-0.25, -0.2) is 0 Å². The molecule has 0 spiro atoms. The van der Waals surface area contributed by atoms with Crippen molar-refractivity contribution in [3.8, 4) is 0 Å². The van der Waals surface area contributed by atoms with Crippen LogP contribution >= 0.6 is 0 Å². The van der Waals surface area contributed by atoms with E-state index in [1.54, 1.807) is 12.1 Å². The SMILES string of the molecule is C=C1C(=O)C(Nc2cccc(C=O)c2C)=C1NCc1ccc(C)o1. The average molecular weight is 322 g/mol. The number of ketones is 1. The highest BCUT2D eigenvalue weighted by Gasteiger charge is 2.32. The van der Waals surface area contributed by atoms with Crippen LogP contribution in [-0.4, -0.2) is 12.1 Å². The number of anilines is 1. The van der Waals surface area contributed by atoms with Crippen molar-refractivity contribution in [3.63, 3.8) is 0 Å². The second-order valence-corrected chi connectivity index (χ2v) is 5.69. The summed E-state index contributed by atoms with van der Waals surface area (Å²) in [7, 11) is 0. The first kappa shape index (κ1) is 15.8. The summed E-state index contributed by atoms with van der Waals surface area (Å²) in [6.45, 7) is 7.97. The van der Waals surface area contributed by atoms with Gasteiger partial charge in [0.2, 0.25) is 5.78 Å². The maximum atomic E-state index is 12.1. The zero-order chi connectivity index (χ0) is 17.3. The molecule has 1 heterocycles. The van der Waals surface area contributed by atoms with E-state index in [1.807, 2.05) is 32.0 Å². The molecule has 5 nitrogen and oxygen atoms in total. The fourth-order valence-corrected chi connectivity index (χ4v) is 2.59. The minimum atomic E-state index is -0.135. The molecule has 0 atom stereocenters. The minimum Gasteiger partial charge on any atom is -0.465 e. The van der Waals surface area contributed by atoms with Gasteiger partial charge >= 0.3 is 0 Å². The van der Waals surface area contributed by atoms with Crippen LogP contribution in [0.25, 0.3) is 0 Å². The number of carbonyl (C=O) groups excluding carboxylic acids is 2. The van der Waals surface area contributed by atoms with Crippen molar-refractivity contribution in [2.24, 2.45) is 0 Å². The molecule has 0 saturated carbocycles. The van der Waals surface area contributed by atoms with Crippen molar-refractivity contribution >= 4 is 17.8 Å². The first-order chi connectivity index (χ1) is 11.5. The molecule has 0 aliphatic heterocycles. The topological polar surface area (TPSA) is 71.3 Å². The summed E-state index contributed by atoms with van der Waals surface area (Å²) in [6.07, 6.45) is 0.800. The van der Waals surface area contributed by atoms with Gasteiger partial charge in [-0.05, 0) is 37.6 Å².